The molecule has 4 rings (SSSR count). The van der Waals surface area contributed by atoms with E-state index in [2.05, 4.69) is 27.9 Å². The summed E-state index contributed by atoms with van der Waals surface area (Å²) in [4.78, 5) is 29.5. The Bertz CT molecular complexity index is 946. The number of fused-ring (bicyclic) bond motifs is 1. The minimum absolute atomic E-state index is 0.110. The fourth-order valence-corrected chi connectivity index (χ4v) is 4.69. The quantitative estimate of drug-likeness (QED) is 0.623. The number of hydrogen-bond acceptors (Lipinski definition) is 6. The van der Waals surface area contributed by atoms with Gasteiger partial charge in [0.15, 0.2) is 0 Å². The Kier molecular flexibility index (Phi) is 5.31. The lowest BCUT2D eigenvalue weighted by molar-refractivity contribution is 0.0746. The molecule has 5 nitrogen and oxygen atoms in total. The number of carbonyl (C=O) groups excluding carboxylic acids is 1. The van der Waals surface area contributed by atoms with Crippen LogP contribution in [0.2, 0.25) is 0 Å². The second kappa shape index (κ2) is 7.86. The Morgan fingerprint density at radius 3 is 2.56 bits per heavy atom. The van der Waals surface area contributed by atoms with E-state index in [0.717, 1.165) is 41.1 Å². The van der Waals surface area contributed by atoms with Crippen LogP contribution in [0.25, 0.3) is 10.2 Å². The highest BCUT2D eigenvalue weighted by atomic mass is 32.2. The van der Waals surface area contributed by atoms with E-state index < -0.39 is 0 Å². The molecule has 1 aliphatic rings. The average Bonchev–Trinajstić information content (AvgIpc) is 3.17. The van der Waals surface area contributed by atoms with Gasteiger partial charge >= 0.3 is 0 Å². The zero-order valence-corrected chi connectivity index (χ0v) is 17.1. The molecule has 3 aromatic rings. The van der Waals surface area contributed by atoms with Crippen LogP contribution in [-0.4, -0.2) is 53.2 Å². The highest BCUT2D eigenvalue weighted by Crippen LogP contribution is 2.31. The third-order valence-electron chi connectivity index (χ3n) is 4.91. The normalized spacial score (nSPS) is 14.7. The third-order valence-corrected chi connectivity index (χ3v) is 6.84. The van der Waals surface area contributed by atoms with Crippen LogP contribution in [0.5, 0.6) is 0 Å². The molecule has 140 valence electrons. The number of benzene rings is 1. The second-order valence-electron chi connectivity index (χ2n) is 6.49. The van der Waals surface area contributed by atoms with Crippen LogP contribution in [0.4, 0.5) is 5.82 Å². The van der Waals surface area contributed by atoms with Crippen molar-refractivity contribution in [2.24, 2.45) is 0 Å². The van der Waals surface area contributed by atoms with Crippen LogP contribution < -0.4 is 4.90 Å². The van der Waals surface area contributed by atoms with Crippen LogP contribution in [0.1, 0.15) is 22.2 Å². The van der Waals surface area contributed by atoms with Crippen molar-refractivity contribution in [1.29, 1.82) is 0 Å². The number of carbonyl (C=O) groups is 1. The molecular weight excluding hydrogens is 376 g/mol. The highest BCUT2D eigenvalue weighted by Gasteiger charge is 2.24. The smallest absolute Gasteiger partial charge is 0.253 e. The first-order chi connectivity index (χ1) is 13.2. The van der Waals surface area contributed by atoms with Crippen LogP contribution in [-0.2, 0) is 6.42 Å². The standard InChI is InChI=1S/C20H22N4OS2/c1-3-15-12-17-18(21-13-22-19(17)27-15)23-8-10-24(11-9-23)20(25)14-4-6-16(26-2)7-5-14/h4-7,12-13H,3,8-11H2,1-2H3. The van der Waals surface area contributed by atoms with Crippen LogP contribution in [0.3, 0.4) is 0 Å². The number of rotatable bonds is 4. The molecule has 1 saturated heterocycles. The summed E-state index contributed by atoms with van der Waals surface area (Å²) in [6, 6.07) is 10.1. The van der Waals surface area contributed by atoms with Gasteiger partial charge in [-0.1, -0.05) is 6.92 Å². The Morgan fingerprint density at radius 2 is 1.89 bits per heavy atom. The van der Waals surface area contributed by atoms with E-state index in [-0.39, 0.29) is 5.91 Å². The van der Waals surface area contributed by atoms with E-state index >= 15 is 0 Å². The molecule has 0 N–H and O–H groups in total. The maximum absolute atomic E-state index is 12.8. The van der Waals surface area contributed by atoms with Crippen LogP contribution >= 0.6 is 23.1 Å². The summed E-state index contributed by atoms with van der Waals surface area (Å²) in [5.74, 6) is 1.10. The topological polar surface area (TPSA) is 49.3 Å². The third kappa shape index (κ3) is 3.66. The number of amides is 1. The maximum Gasteiger partial charge on any atom is 0.253 e. The number of thiophene rings is 1. The molecule has 3 heterocycles. The predicted octanol–water partition coefficient (Wildman–Crippen LogP) is 3.94. The van der Waals surface area contributed by atoms with Gasteiger partial charge in [0, 0.05) is 41.5 Å². The fraction of sp³-hybridized carbons (Fsp3) is 0.350. The van der Waals surface area contributed by atoms with Gasteiger partial charge in [0.2, 0.25) is 0 Å². The molecular formula is C20H22N4OS2. The number of anilines is 1. The van der Waals surface area contributed by atoms with E-state index in [1.165, 1.54) is 9.77 Å². The van der Waals surface area contributed by atoms with E-state index in [1.54, 1.807) is 29.4 Å². The highest BCUT2D eigenvalue weighted by molar-refractivity contribution is 7.98. The molecule has 0 aliphatic carbocycles. The zero-order valence-electron chi connectivity index (χ0n) is 15.5. The molecule has 0 radical (unpaired) electrons. The van der Waals surface area contributed by atoms with Crippen molar-refractivity contribution in [2.75, 3.05) is 37.3 Å². The van der Waals surface area contributed by atoms with Gasteiger partial charge in [-0.05, 0) is 43.0 Å². The van der Waals surface area contributed by atoms with Crippen LogP contribution in [0.15, 0.2) is 41.6 Å². The van der Waals surface area contributed by atoms with Crippen LogP contribution in [0, 0.1) is 0 Å². The fourth-order valence-electron chi connectivity index (χ4n) is 3.36. The number of nitrogens with zero attached hydrogens (tertiary/aromatic N) is 4. The second-order valence-corrected chi connectivity index (χ2v) is 8.48. The zero-order chi connectivity index (χ0) is 18.8. The van der Waals surface area contributed by atoms with Gasteiger partial charge in [0.05, 0.1) is 5.39 Å². The molecule has 7 heteroatoms. The molecule has 0 atom stereocenters. The molecule has 0 spiro atoms. The lowest BCUT2D eigenvalue weighted by atomic mass is 10.2. The minimum Gasteiger partial charge on any atom is -0.352 e. The molecule has 1 amide bonds. The predicted molar refractivity (Wildman–Crippen MR) is 113 cm³/mol. The van der Waals surface area contributed by atoms with Gasteiger partial charge in [0.25, 0.3) is 5.91 Å². The summed E-state index contributed by atoms with van der Waals surface area (Å²) in [6.45, 7) is 5.16. The monoisotopic (exact) mass is 398 g/mol. The Hall–Kier alpha value is -2.12. The lowest BCUT2D eigenvalue weighted by Crippen LogP contribution is -2.49. The first kappa shape index (κ1) is 18.3. The summed E-state index contributed by atoms with van der Waals surface area (Å²) in [6.07, 6.45) is 4.70. The largest absolute Gasteiger partial charge is 0.352 e. The van der Waals surface area contributed by atoms with Gasteiger partial charge in [-0.15, -0.1) is 23.1 Å². The van der Waals surface area contributed by atoms with Crippen molar-refractivity contribution in [1.82, 2.24) is 14.9 Å². The summed E-state index contributed by atoms with van der Waals surface area (Å²) in [7, 11) is 0. The van der Waals surface area contributed by atoms with Crippen molar-refractivity contribution in [2.45, 2.75) is 18.2 Å². The average molecular weight is 399 g/mol. The van der Waals surface area contributed by atoms with Gasteiger partial charge in [-0.2, -0.15) is 0 Å². The molecule has 0 unspecified atom stereocenters. The Morgan fingerprint density at radius 1 is 1.15 bits per heavy atom. The van der Waals surface area contributed by atoms with E-state index in [0.29, 0.717) is 13.1 Å². The van der Waals surface area contributed by atoms with Gasteiger partial charge < -0.3 is 9.80 Å². The molecule has 1 aliphatic heterocycles. The maximum atomic E-state index is 12.8. The molecule has 1 aromatic carbocycles. The molecule has 2 aromatic heterocycles. The number of piperazine rings is 1. The Balaban J connectivity index is 1.47. The molecule has 27 heavy (non-hydrogen) atoms. The summed E-state index contributed by atoms with van der Waals surface area (Å²) in [5, 5.41) is 1.13. The first-order valence-electron chi connectivity index (χ1n) is 9.11. The summed E-state index contributed by atoms with van der Waals surface area (Å²) < 4.78 is 0. The molecule has 0 saturated carbocycles. The summed E-state index contributed by atoms with van der Waals surface area (Å²) >= 11 is 3.42. The molecule has 0 bridgehead atoms. The number of hydrogen-bond donors (Lipinski definition) is 0. The number of aromatic nitrogens is 2. The Labute approximate surface area is 167 Å². The van der Waals surface area contributed by atoms with Gasteiger partial charge in [-0.3, -0.25) is 4.79 Å². The van der Waals surface area contributed by atoms with Crippen molar-refractivity contribution in [3.05, 3.63) is 47.1 Å². The number of thioether (sulfide) groups is 1. The minimum atomic E-state index is 0.110. The van der Waals surface area contributed by atoms with E-state index in [1.807, 2.05) is 35.4 Å². The van der Waals surface area contributed by atoms with Crippen molar-refractivity contribution in [3.63, 3.8) is 0 Å². The summed E-state index contributed by atoms with van der Waals surface area (Å²) in [5.41, 5.74) is 0.760. The first-order valence-corrected chi connectivity index (χ1v) is 11.2. The SMILES string of the molecule is CCc1cc2c(N3CCN(C(=O)c4ccc(SC)cc4)CC3)ncnc2s1. The van der Waals surface area contributed by atoms with Gasteiger partial charge in [-0.25, -0.2) is 9.97 Å². The van der Waals surface area contributed by atoms with Gasteiger partial charge in [0.1, 0.15) is 17.0 Å². The lowest BCUT2D eigenvalue weighted by Gasteiger charge is -2.35. The molecule has 1 fully saturated rings. The van der Waals surface area contributed by atoms with Crippen molar-refractivity contribution >= 4 is 45.0 Å². The number of aryl methyl sites for hydroxylation is 1. The van der Waals surface area contributed by atoms with Crippen molar-refractivity contribution < 1.29 is 4.79 Å². The van der Waals surface area contributed by atoms with E-state index in [9.17, 15) is 4.79 Å². The van der Waals surface area contributed by atoms with E-state index in [4.69, 9.17) is 0 Å². The van der Waals surface area contributed by atoms with Crippen molar-refractivity contribution in [3.8, 4) is 0 Å².